The van der Waals surface area contributed by atoms with Gasteiger partial charge in [0.25, 0.3) is 0 Å². The lowest BCUT2D eigenvalue weighted by atomic mass is 9.89. The molecule has 2 aliphatic carbocycles. The van der Waals surface area contributed by atoms with Crippen LogP contribution >= 0.6 is 0 Å². The molecular formula is C14H23N3O. The number of aliphatic hydroxyl groups excluding tert-OH is 1. The second kappa shape index (κ2) is 5.41. The predicted molar refractivity (Wildman–Crippen MR) is 70.0 cm³/mol. The molecule has 2 bridgehead atoms. The lowest BCUT2D eigenvalue weighted by Gasteiger charge is -2.21. The van der Waals surface area contributed by atoms with Crippen molar-refractivity contribution in [3.63, 3.8) is 0 Å². The summed E-state index contributed by atoms with van der Waals surface area (Å²) < 4.78 is 1.80. The van der Waals surface area contributed by atoms with E-state index in [1.807, 2.05) is 12.4 Å². The Kier molecular flexibility index (Phi) is 3.66. The Bertz CT molecular complexity index is 390. The van der Waals surface area contributed by atoms with Crippen LogP contribution in [0.4, 0.5) is 0 Å². The smallest absolute Gasteiger partial charge is 0.0640 e. The van der Waals surface area contributed by atoms with Gasteiger partial charge in [0.05, 0.1) is 19.3 Å². The maximum atomic E-state index is 8.83. The van der Waals surface area contributed by atoms with Crippen molar-refractivity contribution in [1.29, 1.82) is 0 Å². The third-order valence-electron chi connectivity index (χ3n) is 4.64. The van der Waals surface area contributed by atoms with Crippen molar-refractivity contribution in [3.8, 4) is 0 Å². The van der Waals surface area contributed by atoms with E-state index >= 15 is 0 Å². The third-order valence-corrected chi connectivity index (χ3v) is 4.64. The lowest BCUT2D eigenvalue weighted by molar-refractivity contribution is 0.269. The van der Waals surface area contributed by atoms with Crippen molar-refractivity contribution in [1.82, 2.24) is 15.1 Å². The summed E-state index contributed by atoms with van der Waals surface area (Å²) in [4.78, 5) is 0. The average molecular weight is 249 g/mol. The van der Waals surface area contributed by atoms with Crippen LogP contribution in [0.1, 0.15) is 31.2 Å². The van der Waals surface area contributed by atoms with Gasteiger partial charge < -0.3 is 10.4 Å². The summed E-state index contributed by atoms with van der Waals surface area (Å²) in [6.07, 6.45) is 9.79. The third kappa shape index (κ3) is 2.59. The zero-order valence-corrected chi connectivity index (χ0v) is 10.9. The highest BCUT2D eigenvalue weighted by atomic mass is 16.3. The van der Waals surface area contributed by atoms with Crippen molar-refractivity contribution in [3.05, 3.63) is 18.0 Å². The highest BCUT2D eigenvalue weighted by Crippen LogP contribution is 2.47. The van der Waals surface area contributed by atoms with Crippen LogP contribution in [0.15, 0.2) is 12.4 Å². The Hall–Kier alpha value is -0.870. The number of nitrogens with one attached hydrogen (secondary N) is 1. The van der Waals surface area contributed by atoms with Crippen LogP contribution in [0.3, 0.4) is 0 Å². The molecule has 0 amide bonds. The van der Waals surface area contributed by atoms with Crippen LogP contribution in [0.25, 0.3) is 0 Å². The number of aliphatic hydroxyl groups is 1. The molecule has 0 aliphatic heterocycles. The summed E-state index contributed by atoms with van der Waals surface area (Å²) in [6.45, 7) is 2.80. The zero-order valence-electron chi connectivity index (χ0n) is 10.9. The Balaban J connectivity index is 1.41. The fourth-order valence-corrected chi connectivity index (χ4v) is 3.75. The molecule has 0 aromatic carbocycles. The zero-order chi connectivity index (χ0) is 12.4. The van der Waals surface area contributed by atoms with Crippen molar-refractivity contribution >= 4 is 0 Å². The number of fused-ring (bicyclic) bond motifs is 2. The van der Waals surface area contributed by atoms with Gasteiger partial charge >= 0.3 is 0 Å². The quantitative estimate of drug-likeness (QED) is 0.801. The molecule has 0 saturated heterocycles. The van der Waals surface area contributed by atoms with Crippen LogP contribution in [-0.2, 0) is 13.1 Å². The summed E-state index contributed by atoms with van der Waals surface area (Å²) in [5, 5.41) is 16.6. The molecule has 4 nitrogen and oxygen atoms in total. The monoisotopic (exact) mass is 249 g/mol. The van der Waals surface area contributed by atoms with E-state index in [2.05, 4.69) is 10.4 Å². The molecule has 3 unspecified atom stereocenters. The lowest BCUT2D eigenvalue weighted by Crippen LogP contribution is -2.26. The molecule has 1 aromatic heterocycles. The van der Waals surface area contributed by atoms with E-state index in [9.17, 15) is 0 Å². The van der Waals surface area contributed by atoms with Gasteiger partial charge in [-0.3, -0.25) is 4.68 Å². The van der Waals surface area contributed by atoms with Gasteiger partial charge in [-0.05, 0) is 43.6 Å². The van der Waals surface area contributed by atoms with Crippen molar-refractivity contribution in [2.24, 2.45) is 17.8 Å². The van der Waals surface area contributed by atoms with Crippen molar-refractivity contribution in [2.45, 2.75) is 38.8 Å². The number of rotatable bonds is 6. The van der Waals surface area contributed by atoms with Gasteiger partial charge in [0.15, 0.2) is 0 Å². The van der Waals surface area contributed by atoms with Crippen LogP contribution in [-0.4, -0.2) is 28.0 Å². The van der Waals surface area contributed by atoms with E-state index in [-0.39, 0.29) is 6.61 Å². The van der Waals surface area contributed by atoms with Crippen molar-refractivity contribution in [2.75, 3.05) is 13.2 Å². The number of aromatic nitrogens is 2. The molecule has 3 rings (SSSR count). The maximum absolute atomic E-state index is 8.83. The highest BCUT2D eigenvalue weighted by molar-refractivity contribution is 5.03. The Morgan fingerprint density at radius 2 is 2.33 bits per heavy atom. The molecule has 2 N–H and O–H groups in total. The normalized spacial score (nSPS) is 30.2. The molecule has 1 aromatic rings. The first-order valence-electron chi connectivity index (χ1n) is 7.18. The largest absolute Gasteiger partial charge is 0.394 e. The Morgan fingerprint density at radius 3 is 3.06 bits per heavy atom. The summed E-state index contributed by atoms with van der Waals surface area (Å²) in [5.74, 6) is 2.95. The van der Waals surface area contributed by atoms with Crippen LogP contribution < -0.4 is 5.32 Å². The van der Waals surface area contributed by atoms with Crippen molar-refractivity contribution < 1.29 is 5.11 Å². The fraction of sp³-hybridized carbons (Fsp3) is 0.786. The molecule has 100 valence electrons. The SMILES string of the molecule is OCCn1cc(CNCC2CC3CCC2C3)cn1. The molecule has 3 atom stereocenters. The molecule has 2 aliphatic rings. The second-order valence-electron chi connectivity index (χ2n) is 5.90. The van der Waals surface area contributed by atoms with Crippen LogP contribution in [0.5, 0.6) is 0 Å². The fourth-order valence-electron chi connectivity index (χ4n) is 3.75. The van der Waals surface area contributed by atoms with E-state index in [0.29, 0.717) is 6.54 Å². The standard InChI is InChI=1S/C14H23N3O/c18-4-3-17-10-12(8-16-17)7-15-9-14-6-11-1-2-13(14)5-11/h8,10-11,13-15,18H,1-7,9H2. The minimum Gasteiger partial charge on any atom is -0.394 e. The Labute approximate surface area is 108 Å². The van der Waals surface area contributed by atoms with Gasteiger partial charge in [0.1, 0.15) is 0 Å². The van der Waals surface area contributed by atoms with Gasteiger partial charge in [0.2, 0.25) is 0 Å². The minimum atomic E-state index is 0.152. The van der Waals surface area contributed by atoms with E-state index in [4.69, 9.17) is 5.11 Å². The first kappa shape index (κ1) is 12.2. The molecule has 18 heavy (non-hydrogen) atoms. The van der Waals surface area contributed by atoms with E-state index < -0.39 is 0 Å². The van der Waals surface area contributed by atoms with E-state index in [1.54, 1.807) is 4.68 Å². The predicted octanol–water partition coefficient (Wildman–Crippen LogP) is 1.40. The summed E-state index contributed by atoms with van der Waals surface area (Å²) in [5.41, 5.74) is 1.21. The van der Waals surface area contributed by atoms with Gasteiger partial charge in [-0.1, -0.05) is 6.42 Å². The molecule has 1 heterocycles. The highest BCUT2D eigenvalue weighted by Gasteiger charge is 2.38. The number of nitrogens with zero attached hydrogens (tertiary/aromatic N) is 2. The molecule has 0 spiro atoms. The molecule has 2 fully saturated rings. The first-order valence-corrected chi connectivity index (χ1v) is 7.18. The maximum Gasteiger partial charge on any atom is 0.0640 e. The molecule has 0 radical (unpaired) electrons. The summed E-state index contributed by atoms with van der Waals surface area (Å²) in [6, 6.07) is 0. The molecule has 4 heteroatoms. The Morgan fingerprint density at radius 1 is 1.39 bits per heavy atom. The molecule has 2 saturated carbocycles. The van der Waals surface area contributed by atoms with E-state index in [1.165, 1.54) is 31.2 Å². The number of hydrogen-bond donors (Lipinski definition) is 2. The average Bonchev–Trinajstić information content (AvgIpc) is 3.06. The topological polar surface area (TPSA) is 50.1 Å². The van der Waals surface area contributed by atoms with Gasteiger partial charge in [-0.25, -0.2) is 0 Å². The summed E-state index contributed by atoms with van der Waals surface area (Å²) >= 11 is 0. The number of hydrogen-bond acceptors (Lipinski definition) is 3. The van der Waals surface area contributed by atoms with Crippen LogP contribution in [0.2, 0.25) is 0 Å². The van der Waals surface area contributed by atoms with Gasteiger partial charge in [0, 0.05) is 18.3 Å². The van der Waals surface area contributed by atoms with Gasteiger partial charge in [-0.2, -0.15) is 5.10 Å². The first-order chi connectivity index (χ1) is 8.85. The van der Waals surface area contributed by atoms with Gasteiger partial charge in [-0.15, -0.1) is 0 Å². The van der Waals surface area contributed by atoms with Crippen LogP contribution in [0, 0.1) is 17.8 Å². The van der Waals surface area contributed by atoms with E-state index in [0.717, 1.165) is 30.8 Å². The molecular weight excluding hydrogens is 226 g/mol. The summed E-state index contributed by atoms with van der Waals surface area (Å²) in [7, 11) is 0. The minimum absolute atomic E-state index is 0.152. The second-order valence-corrected chi connectivity index (χ2v) is 5.90.